The molecule has 0 bridgehead atoms. The van der Waals surface area contributed by atoms with E-state index in [1.54, 1.807) is 12.1 Å². The van der Waals surface area contributed by atoms with Crippen LogP contribution in [-0.2, 0) is 11.2 Å². The van der Waals surface area contributed by atoms with E-state index in [1.807, 2.05) is 45.9 Å². The third-order valence-electron chi connectivity index (χ3n) is 3.90. The summed E-state index contributed by atoms with van der Waals surface area (Å²) in [5.74, 6) is 2.37. The van der Waals surface area contributed by atoms with Crippen LogP contribution in [-0.4, -0.2) is 32.3 Å². The summed E-state index contributed by atoms with van der Waals surface area (Å²) < 4.78 is 23.2. The van der Waals surface area contributed by atoms with Crippen LogP contribution in [0.15, 0.2) is 34.8 Å². The molecule has 0 spiro atoms. The Labute approximate surface area is 180 Å². The zero-order valence-electron chi connectivity index (χ0n) is 17.3. The monoisotopic (exact) mass is 465 g/mol. The van der Waals surface area contributed by atoms with E-state index in [2.05, 4.69) is 21.2 Å². The molecule has 0 aliphatic heterocycles. The Morgan fingerprint density at radius 2 is 1.41 bits per heavy atom. The number of benzene rings is 2. The van der Waals surface area contributed by atoms with E-state index in [0.717, 1.165) is 10.0 Å². The Bertz CT molecular complexity index is 825. The van der Waals surface area contributed by atoms with Gasteiger partial charge in [-0.2, -0.15) is 0 Å². The normalized spacial score (nSPS) is 10.4. The van der Waals surface area contributed by atoms with E-state index >= 15 is 0 Å². The number of halogens is 1. The van der Waals surface area contributed by atoms with E-state index in [0.29, 0.717) is 55.1 Å². The molecule has 0 atom stereocenters. The fourth-order valence-electron chi connectivity index (χ4n) is 2.76. The van der Waals surface area contributed by atoms with Crippen LogP contribution in [0.5, 0.6) is 23.0 Å². The predicted molar refractivity (Wildman–Crippen MR) is 118 cm³/mol. The number of rotatable bonds is 11. The van der Waals surface area contributed by atoms with Crippen molar-refractivity contribution >= 4 is 27.5 Å². The number of anilines is 1. The minimum absolute atomic E-state index is 0.164. The van der Waals surface area contributed by atoms with Crippen molar-refractivity contribution < 1.29 is 23.7 Å². The molecule has 0 radical (unpaired) electrons. The molecular weight excluding hydrogens is 438 g/mol. The highest BCUT2D eigenvalue weighted by Gasteiger charge is 2.15. The fourth-order valence-corrected chi connectivity index (χ4v) is 3.22. The van der Waals surface area contributed by atoms with Gasteiger partial charge in [0, 0.05) is 10.5 Å². The minimum Gasteiger partial charge on any atom is -0.494 e. The highest BCUT2D eigenvalue weighted by molar-refractivity contribution is 9.10. The third kappa shape index (κ3) is 6.56. The zero-order valence-corrected chi connectivity index (χ0v) is 18.9. The predicted octanol–water partition coefficient (Wildman–Crippen LogP) is 5.23. The van der Waals surface area contributed by atoms with Crippen LogP contribution in [0, 0.1) is 0 Å². The van der Waals surface area contributed by atoms with Crippen LogP contribution >= 0.6 is 15.9 Å². The number of ether oxygens (including phenoxy) is 4. The Morgan fingerprint density at radius 3 is 2.03 bits per heavy atom. The molecule has 29 heavy (non-hydrogen) atoms. The Hall–Kier alpha value is -2.41. The number of amides is 1. The first-order chi connectivity index (χ1) is 14.0. The summed E-state index contributed by atoms with van der Waals surface area (Å²) in [6.45, 7) is 9.71. The maximum absolute atomic E-state index is 12.7. The number of carbonyl (C=O) groups excluding carboxylic acids is 1. The Morgan fingerprint density at radius 1 is 0.828 bits per heavy atom. The molecule has 2 aromatic carbocycles. The van der Waals surface area contributed by atoms with Gasteiger partial charge in [0.25, 0.3) is 0 Å². The summed E-state index contributed by atoms with van der Waals surface area (Å²) in [5, 5.41) is 2.92. The van der Waals surface area contributed by atoms with Gasteiger partial charge in [-0.1, -0.05) is 15.9 Å². The molecule has 2 aromatic rings. The molecule has 0 aliphatic rings. The molecule has 0 saturated heterocycles. The van der Waals surface area contributed by atoms with Crippen molar-refractivity contribution in [1.29, 1.82) is 0 Å². The average Bonchev–Trinajstić information content (AvgIpc) is 2.68. The summed E-state index contributed by atoms with van der Waals surface area (Å²) in [4.78, 5) is 12.7. The van der Waals surface area contributed by atoms with Crippen LogP contribution in [0.4, 0.5) is 5.69 Å². The first kappa shape index (κ1) is 22.9. The summed E-state index contributed by atoms with van der Waals surface area (Å²) in [7, 11) is 0. The first-order valence-electron chi connectivity index (χ1n) is 9.79. The topological polar surface area (TPSA) is 66.0 Å². The molecule has 6 nitrogen and oxygen atoms in total. The molecule has 7 heteroatoms. The van der Waals surface area contributed by atoms with Gasteiger partial charge >= 0.3 is 0 Å². The minimum atomic E-state index is -0.174. The summed E-state index contributed by atoms with van der Waals surface area (Å²) in [6.07, 6.45) is 0.164. The van der Waals surface area contributed by atoms with Gasteiger partial charge in [0.2, 0.25) is 5.91 Å². The lowest BCUT2D eigenvalue weighted by molar-refractivity contribution is -0.115. The van der Waals surface area contributed by atoms with Crippen LogP contribution in [0.3, 0.4) is 0 Å². The van der Waals surface area contributed by atoms with Gasteiger partial charge in [-0.05, 0) is 57.5 Å². The number of carbonyl (C=O) groups is 1. The Kier molecular flexibility index (Phi) is 9.12. The Balaban J connectivity index is 2.22. The van der Waals surface area contributed by atoms with Crippen molar-refractivity contribution in [3.05, 3.63) is 40.4 Å². The van der Waals surface area contributed by atoms with E-state index in [9.17, 15) is 4.79 Å². The van der Waals surface area contributed by atoms with E-state index in [-0.39, 0.29) is 12.3 Å². The quantitative estimate of drug-likeness (QED) is 0.492. The standard InChI is InChI=1S/C22H28BrNO5/c1-5-26-16-9-10-19(27-6-2)18(13-16)24-22(25)12-15-11-20(28-7-3)21(29-8-4)14-17(15)23/h9-11,13-14H,5-8,12H2,1-4H3,(H,24,25). The molecule has 0 fully saturated rings. The third-order valence-corrected chi connectivity index (χ3v) is 4.64. The van der Waals surface area contributed by atoms with Crippen molar-refractivity contribution in [1.82, 2.24) is 0 Å². The largest absolute Gasteiger partial charge is 0.494 e. The van der Waals surface area contributed by atoms with Crippen molar-refractivity contribution in [2.75, 3.05) is 31.7 Å². The number of hydrogen-bond acceptors (Lipinski definition) is 5. The van der Waals surface area contributed by atoms with Gasteiger partial charge in [0.15, 0.2) is 11.5 Å². The van der Waals surface area contributed by atoms with Gasteiger partial charge in [0.1, 0.15) is 11.5 Å². The van der Waals surface area contributed by atoms with Crippen molar-refractivity contribution in [2.45, 2.75) is 34.1 Å². The second-order valence-electron chi connectivity index (χ2n) is 6.01. The molecule has 0 saturated carbocycles. The van der Waals surface area contributed by atoms with Crippen LogP contribution in [0.2, 0.25) is 0 Å². The molecule has 1 N–H and O–H groups in total. The van der Waals surface area contributed by atoms with Gasteiger partial charge in [0.05, 0.1) is 38.5 Å². The molecule has 2 rings (SSSR count). The molecule has 0 aromatic heterocycles. The lowest BCUT2D eigenvalue weighted by Crippen LogP contribution is -2.16. The van der Waals surface area contributed by atoms with Crippen molar-refractivity contribution in [3.63, 3.8) is 0 Å². The lowest BCUT2D eigenvalue weighted by atomic mass is 10.1. The molecule has 0 unspecified atom stereocenters. The number of hydrogen-bond donors (Lipinski definition) is 1. The summed E-state index contributed by atoms with van der Waals surface area (Å²) >= 11 is 3.53. The van der Waals surface area contributed by atoms with E-state index in [4.69, 9.17) is 18.9 Å². The van der Waals surface area contributed by atoms with Crippen LogP contribution in [0.1, 0.15) is 33.3 Å². The first-order valence-corrected chi connectivity index (χ1v) is 10.6. The second-order valence-corrected chi connectivity index (χ2v) is 6.86. The average molecular weight is 466 g/mol. The van der Waals surface area contributed by atoms with Crippen LogP contribution < -0.4 is 24.3 Å². The van der Waals surface area contributed by atoms with Crippen LogP contribution in [0.25, 0.3) is 0 Å². The number of nitrogens with one attached hydrogen (secondary N) is 1. The van der Waals surface area contributed by atoms with Gasteiger partial charge in [-0.3, -0.25) is 4.79 Å². The second kappa shape index (κ2) is 11.6. The summed E-state index contributed by atoms with van der Waals surface area (Å²) in [6, 6.07) is 9.05. The molecule has 0 aliphatic carbocycles. The molecule has 158 valence electrons. The van der Waals surface area contributed by atoms with Gasteiger partial charge < -0.3 is 24.3 Å². The van der Waals surface area contributed by atoms with E-state index < -0.39 is 0 Å². The smallest absolute Gasteiger partial charge is 0.228 e. The van der Waals surface area contributed by atoms with Gasteiger partial charge in [-0.25, -0.2) is 0 Å². The van der Waals surface area contributed by atoms with Crippen molar-refractivity contribution in [2.24, 2.45) is 0 Å². The highest BCUT2D eigenvalue weighted by Crippen LogP contribution is 2.35. The van der Waals surface area contributed by atoms with Gasteiger partial charge in [-0.15, -0.1) is 0 Å². The molecule has 0 heterocycles. The maximum atomic E-state index is 12.7. The van der Waals surface area contributed by atoms with E-state index in [1.165, 1.54) is 0 Å². The highest BCUT2D eigenvalue weighted by atomic mass is 79.9. The fraction of sp³-hybridized carbons (Fsp3) is 0.409. The SMILES string of the molecule is CCOc1ccc(OCC)c(NC(=O)Cc2cc(OCC)c(OCC)cc2Br)c1. The molecule has 1 amide bonds. The molecular formula is C22H28BrNO5. The maximum Gasteiger partial charge on any atom is 0.228 e. The zero-order chi connectivity index (χ0) is 21.2. The van der Waals surface area contributed by atoms with Crippen molar-refractivity contribution in [3.8, 4) is 23.0 Å². The lowest BCUT2D eigenvalue weighted by Gasteiger charge is -2.15. The summed E-state index contributed by atoms with van der Waals surface area (Å²) in [5.41, 5.74) is 1.38.